The monoisotopic (exact) mass is 248 g/mol. The molecule has 2 atom stereocenters. The van der Waals surface area contributed by atoms with Crippen LogP contribution in [0.1, 0.15) is 34.6 Å². The zero-order chi connectivity index (χ0) is 12.0. The third kappa shape index (κ3) is 1.87. The Labute approximate surface area is 96.4 Å². The lowest BCUT2D eigenvalue weighted by Gasteiger charge is -2.36. The fourth-order valence-corrected chi connectivity index (χ4v) is 3.46. The zero-order valence-electron chi connectivity index (χ0n) is 9.76. The van der Waals surface area contributed by atoms with Crippen molar-refractivity contribution in [1.29, 1.82) is 0 Å². The lowest BCUT2D eigenvalue weighted by Crippen LogP contribution is -2.40. The first-order valence-corrected chi connectivity index (χ1v) is 7.23. The maximum Gasteiger partial charge on any atom is 0.242 e. The van der Waals surface area contributed by atoms with Crippen LogP contribution in [0.15, 0.2) is 22.8 Å². The quantitative estimate of drug-likeness (QED) is 0.668. The fraction of sp³-hybridized carbons (Fsp3) is 0.636. The minimum atomic E-state index is -3.60. The lowest BCUT2D eigenvalue weighted by molar-refractivity contribution is 0.503. The van der Waals surface area contributed by atoms with E-state index in [0.717, 1.165) is 11.1 Å². The molecule has 0 aliphatic heterocycles. The van der Waals surface area contributed by atoms with E-state index in [0.29, 0.717) is 0 Å². The summed E-state index contributed by atoms with van der Waals surface area (Å²) in [5, 5.41) is 0. The first-order valence-electron chi connectivity index (χ1n) is 4.92. The second-order valence-corrected chi connectivity index (χ2v) is 7.45. The van der Waals surface area contributed by atoms with Gasteiger partial charge in [0.05, 0.1) is 0 Å². The summed E-state index contributed by atoms with van der Waals surface area (Å²) >= 11 is 0. The number of rotatable bonds is 1. The van der Waals surface area contributed by atoms with Gasteiger partial charge in [-0.2, -0.15) is 0 Å². The maximum atomic E-state index is 11.6. The number of halogens is 1. The normalized spacial score (nSPS) is 32.9. The van der Waals surface area contributed by atoms with Crippen LogP contribution < -0.4 is 0 Å². The molecule has 0 spiro atoms. The van der Waals surface area contributed by atoms with E-state index in [1.165, 1.54) is 5.57 Å². The Balaban J connectivity index is 3.43. The van der Waals surface area contributed by atoms with E-state index in [2.05, 4.69) is 0 Å². The van der Waals surface area contributed by atoms with Crippen molar-refractivity contribution in [2.24, 2.45) is 5.92 Å². The highest BCUT2D eigenvalue weighted by molar-refractivity contribution is 8.15. The van der Waals surface area contributed by atoms with Gasteiger partial charge in [0.15, 0.2) is 0 Å². The third-order valence-electron chi connectivity index (χ3n) is 3.72. The fourth-order valence-electron chi connectivity index (χ4n) is 2.01. The van der Waals surface area contributed by atoms with Crippen LogP contribution in [0.3, 0.4) is 0 Å². The van der Waals surface area contributed by atoms with Crippen molar-refractivity contribution in [3.63, 3.8) is 0 Å². The standard InChI is InChI=1S/C11H17ClO2S/c1-7-6-11(5,15(12,13)14)10(4)9(3)8(7)2/h6,10H,1-5H3/t10-,11-/m0/s1. The van der Waals surface area contributed by atoms with Gasteiger partial charge >= 0.3 is 0 Å². The van der Waals surface area contributed by atoms with Gasteiger partial charge in [0, 0.05) is 16.6 Å². The van der Waals surface area contributed by atoms with Gasteiger partial charge in [0.25, 0.3) is 0 Å². The first-order chi connectivity index (χ1) is 6.61. The molecule has 1 aliphatic carbocycles. The van der Waals surface area contributed by atoms with Crippen LogP contribution in [0.4, 0.5) is 0 Å². The number of hydrogen-bond acceptors (Lipinski definition) is 2. The van der Waals surface area contributed by atoms with Crippen molar-refractivity contribution in [2.45, 2.75) is 39.4 Å². The lowest BCUT2D eigenvalue weighted by atomic mass is 9.79. The second kappa shape index (κ2) is 3.63. The van der Waals surface area contributed by atoms with Gasteiger partial charge in [-0.05, 0) is 33.3 Å². The van der Waals surface area contributed by atoms with Crippen molar-refractivity contribution in [3.05, 3.63) is 22.8 Å². The van der Waals surface area contributed by atoms with Crippen LogP contribution in [0, 0.1) is 5.92 Å². The summed E-state index contributed by atoms with van der Waals surface area (Å²) in [6.45, 7) is 9.49. The highest BCUT2D eigenvalue weighted by Crippen LogP contribution is 2.42. The minimum Gasteiger partial charge on any atom is -0.211 e. The van der Waals surface area contributed by atoms with Crippen molar-refractivity contribution in [2.75, 3.05) is 0 Å². The molecule has 0 fully saturated rings. The zero-order valence-corrected chi connectivity index (χ0v) is 11.3. The summed E-state index contributed by atoms with van der Waals surface area (Å²) in [7, 11) is 1.93. The summed E-state index contributed by atoms with van der Waals surface area (Å²) in [5.74, 6) is -0.0799. The molecule has 86 valence electrons. The average Bonchev–Trinajstić information content (AvgIpc) is 2.10. The van der Waals surface area contributed by atoms with Crippen molar-refractivity contribution >= 4 is 19.7 Å². The molecule has 1 aliphatic rings. The van der Waals surface area contributed by atoms with E-state index < -0.39 is 13.8 Å². The van der Waals surface area contributed by atoms with E-state index in [-0.39, 0.29) is 5.92 Å². The molecular formula is C11H17ClO2S. The molecule has 4 heteroatoms. The van der Waals surface area contributed by atoms with Crippen LogP contribution in [0.5, 0.6) is 0 Å². The molecule has 0 saturated carbocycles. The summed E-state index contributed by atoms with van der Waals surface area (Å²) in [6, 6.07) is 0. The molecule has 0 saturated heterocycles. The molecule has 0 radical (unpaired) electrons. The van der Waals surface area contributed by atoms with Crippen LogP contribution in [0.25, 0.3) is 0 Å². The molecule has 1 rings (SSSR count). The van der Waals surface area contributed by atoms with Gasteiger partial charge in [-0.1, -0.05) is 24.1 Å². The Morgan fingerprint density at radius 2 is 1.80 bits per heavy atom. The van der Waals surface area contributed by atoms with Gasteiger partial charge in [-0.25, -0.2) is 8.42 Å². The highest BCUT2D eigenvalue weighted by atomic mass is 35.7. The van der Waals surface area contributed by atoms with Gasteiger partial charge in [-0.3, -0.25) is 0 Å². The summed E-state index contributed by atoms with van der Waals surface area (Å²) in [5.41, 5.74) is 3.26. The van der Waals surface area contributed by atoms with Crippen LogP contribution >= 0.6 is 10.7 Å². The largest absolute Gasteiger partial charge is 0.242 e. The molecule has 0 heterocycles. The maximum absolute atomic E-state index is 11.6. The molecule has 15 heavy (non-hydrogen) atoms. The minimum absolute atomic E-state index is 0.0799. The highest BCUT2D eigenvalue weighted by Gasteiger charge is 2.44. The average molecular weight is 249 g/mol. The summed E-state index contributed by atoms with van der Waals surface area (Å²) in [4.78, 5) is 0. The van der Waals surface area contributed by atoms with Crippen LogP contribution in [-0.4, -0.2) is 13.2 Å². The predicted octanol–water partition coefficient (Wildman–Crippen LogP) is 3.25. The number of hydrogen-bond donors (Lipinski definition) is 0. The van der Waals surface area contributed by atoms with Crippen LogP contribution in [0.2, 0.25) is 0 Å². The topological polar surface area (TPSA) is 34.1 Å². The molecule has 0 N–H and O–H groups in total. The Morgan fingerprint density at radius 3 is 2.20 bits per heavy atom. The second-order valence-electron chi connectivity index (χ2n) is 4.48. The smallest absolute Gasteiger partial charge is 0.211 e. The molecule has 0 aromatic rings. The van der Waals surface area contributed by atoms with Gasteiger partial charge < -0.3 is 0 Å². The third-order valence-corrected chi connectivity index (χ3v) is 6.24. The van der Waals surface area contributed by atoms with Crippen molar-refractivity contribution in [3.8, 4) is 0 Å². The molecule has 0 amide bonds. The summed E-state index contributed by atoms with van der Waals surface area (Å²) < 4.78 is 22.2. The van der Waals surface area contributed by atoms with Gasteiger partial charge in [0.2, 0.25) is 9.05 Å². The number of allylic oxidation sites excluding steroid dienone is 3. The van der Waals surface area contributed by atoms with E-state index in [9.17, 15) is 8.42 Å². The molecule has 0 unspecified atom stereocenters. The first kappa shape index (κ1) is 12.8. The van der Waals surface area contributed by atoms with Gasteiger partial charge in [-0.15, -0.1) is 0 Å². The predicted molar refractivity (Wildman–Crippen MR) is 64.5 cm³/mol. The Morgan fingerprint density at radius 1 is 1.33 bits per heavy atom. The van der Waals surface area contributed by atoms with E-state index in [1.807, 2.05) is 27.7 Å². The molecule has 0 aromatic heterocycles. The van der Waals surface area contributed by atoms with Crippen molar-refractivity contribution < 1.29 is 8.42 Å². The molecule has 2 nitrogen and oxygen atoms in total. The van der Waals surface area contributed by atoms with Crippen molar-refractivity contribution in [1.82, 2.24) is 0 Å². The molecular weight excluding hydrogens is 232 g/mol. The summed E-state index contributed by atoms with van der Waals surface area (Å²) in [6.07, 6.45) is 1.77. The Hall–Kier alpha value is -0.280. The Kier molecular flexibility index (Phi) is 3.10. The van der Waals surface area contributed by atoms with E-state index in [4.69, 9.17) is 10.7 Å². The van der Waals surface area contributed by atoms with Gasteiger partial charge in [0.1, 0.15) is 4.75 Å². The Bertz CT molecular complexity index is 445. The SMILES string of the molecule is CC1=C[C@](C)(S(=O)(=O)Cl)[C@@H](C)C(C)=C1C. The molecule has 0 aromatic carbocycles. The van der Waals surface area contributed by atoms with E-state index >= 15 is 0 Å². The van der Waals surface area contributed by atoms with E-state index in [1.54, 1.807) is 13.0 Å². The molecule has 0 bridgehead atoms. The van der Waals surface area contributed by atoms with Crippen LogP contribution in [-0.2, 0) is 9.05 Å².